The first-order valence-corrected chi connectivity index (χ1v) is 8.16. The van der Waals surface area contributed by atoms with E-state index in [1.165, 1.54) is 4.90 Å². The van der Waals surface area contributed by atoms with Crippen LogP contribution in [-0.2, 0) is 11.3 Å². The van der Waals surface area contributed by atoms with Crippen LogP contribution in [0.4, 0.5) is 5.69 Å². The van der Waals surface area contributed by atoms with Crippen molar-refractivity contribution in [3.05, 3.63) is 54.1 Å². The number of nitrogens with two attached hydrogens (primary N) is 1. The molecule has 0 fully saturated rings. The first-order valence-electron chi connectivity index (χ1n) is 6.93. The minimum Gasteiger partial charge on any atom is -0.484 e. The van der Waals surface area contributed by atoms with Crippen LogP contribution in [0.2, 0.25) is 0 Å². The number of rotatable bonds is 6. The van der Waals surface area contributed by atoms with Crippen molar-refractivity contribution in [1.82, 2.24) is 4.90 Å². The Hall–Kier alpha value is -2.14. The van der Waals surface area contributed by atoms with Crippen LogP contribution in [-0.4, -0.2) is 30.7 Å². The molecule has 4 nitrogen and oxygen atoms in total. The summed E-state index contributed by atoms with van der Waals surface area (Å²) in [5, 5.41) is 0. The number of benzene rings is 2. The van der Waals surface area contributed by atoms with E-state index in [0.717, 1.165) is 5.56 Å². The maximum absolute atomic E-state index is 12.1. The number of carbonyl (C=O) groups excluding carboxylic acids is 1. The zero-order valence-corrected chi connectivity index (χ0v) is 13.6. The summed E-state index contributed by atoms with van der Waals surface area (Å²) < 4.78 is 5.47. The molecule has 0 unspecified atom stereocenters. The molecule has 2 aromatic carbocycles. The van der Waals surface area contributed by atoms with Crippen molar-refractivity contribution in [3.8, 4) is 5.75 Å². The largest absolute Gasteiger partial charge is 0.484 e. The molecular formula is C17H20N2O2S. The van der Waals surface area contributed by atoms with E-state index in [-0.39, 0.29) is 12.5 Å². The van der Waals surface area contributed by atoms with Crippen LogP contribution in [0.25, 0.3) is 0 Å². The fraction of sp³-hybridized carbons (Fsp3) is 0.235. The van der Waals surface area contributed by atoms with Crippen LogP contribution in [0, 0.1) is 0 Å². The van der Waals surface area contributed by atoms with Gasteiger partial charge in [0.1, 0.15) is 5.75 Å². The van der Waals surface area contributed by atoms with Crippen molar-refractivity contribution in [2.45, 2.75) is 11.4 Å². The average Bonchev–Trinajstić information content (AvgIpc) is 2.54. The Bertz CT molecular complexity index is 612. The third-order valence-electron chi connectivity index (χ3n) is 3.25. The number of anilines is 1. The summed E-state index contributed by atoms with van der Waals surface area (Å²) in [5.41, 5.74) is 7.37. The SMILES string of the molecule is CSc1ccc(CN(C)C(=O)COc2ccc(N)cc2)cc1. The van der Waals surface area contributed by atoms with Gasteiger partial charge in [-0.3, -0.25) is 4.79 Å². The van der Waals surface area contributed by atoms with E-state index in [1.54, 1.807) is 48.0 Å². The number of carbonyl (C=O) groups is 1. The number of amides is 1. The summed E-state index contributed by atoms with van der Waals surface area (Å²) >= 11 is 1.70. The van der Waals surface area contributed by atoms with E-state index in [4.69, 9.17) is 10.5 Å². The summed E-state index contributed by atoms with van der Waals surface area (Å²) in [6.07, 6.45) is 2.04. The predicted octanol–water partition coefficient (Wildman–Crippen LogP) is 3.03. The molecule has 0 bridgehead atoms. The second-order valence-electron chi connectivity index (χ2n) is 4.96. The lowest BCUT2D eigenvalue weighted by atomic mass is 10.2. The van der Waals surface area contributed by atoms with Gasteiger partial charge in [-0.05, 0) is 48.2 Å². The number of thioether (sulfide) groups is 1. The quantitative estimate of drug-likeness (QED) is 0.657. The van der Waals surface area contributed by atoms with Gasteiger partial charge in [0.05, 0.1) is 0 Å². The summed E-state index contributed by atoms with van der Waals surface area (Å²) in [4.78, 5) is 15.0. The third-order valence-corrected chi connectivity index (χ3v) is 3.99. The molecule has 5 heteroatoms. The molecule has 2 rings (SSSR count). The third kappa shape index (κ3) is 4.70. The lowest BCUT2D eigenvalue weighted by molar-refractivity contribution is -0.132. The Morgan fingerprint density at radius 1 is 1.14 bits per heavy atom. The molecule has 0 saturated heterocycles. The van der Waals surface area contributed by atoms with Gasteiger partial charge in [0, 0.05) is 24.2 Å². The van der Waals surface area contributed by atoms with Gasteiger partial charge in [-0.15, -0.1) is 11.8 Å². The van der Waals surface area contributed by atoms with Crippen molar-refractivity contribution in [3.63, 3.8) is 0 Å². The molecule has 0 aliphatic heterocycles. The number of nitrogens with zero attached hydrogens (tertiary/aromatic N) is 1. The number of nitrogen functional groups attached to an aromatic ring is 1. The maximum atomic E-state index is 12.1. The highest BCUT2D eigenvalue weighted by atomic mass is 32.2. The highest BCUT2D eigenvalue weighted by molar-refractivity contribution is 7.98. The van der Waals surface area contributed by atoms with Gasteiger partial charge in [-0.2, -0.15) is 0 Å². The summed E-state index contributed by atoms with van der Waals surface area (Å²) in [6, 6.07) is 15.2. The Morgan fingerprint density at radius 3 is 2.36 bits per heavy atom. The lowest BCUT2D eigenvalue weighted by Gasteiger charge is -2.17. The van der Waals surface area contributed by atoms with Crippen LogP contribution < -0.4 is 10.5 Å². The van der Waals surface area contributed by atoms with Gasteiger partial charge in [-0.1, -0.05) is 12.1 Å². The number of ether oxygens (including phenoxy) is 1. The fourth-order valence-corrected chi connectivity index (χ4v) is 2.32. The summed E-state index contributed by atoms with van der Waals surface area (Å²) in [5.74, 6) is 0.575. The van der Waals surface area contributed by atoms with Gasteiger partial charge in [0.2, 0.25) is 0 Å². The second-order valence-corrected chi connectivity index (χ2v) is 5.84. The summed E-state index contributed by atoms with van der Waals surface area (Å²) in [6.45, 7) is 0.585. The van der Waals surface area contributed by atoms with Gasteiger partial charge in [0.15, 0.2) is 6.61 Å². The van der Waals surface area contributed by atoms with Crippen molar-refractivity contribution in [2.75, 3.05) is 25.6 Å². The van der Waals surface area contributed by atoms with Crippen molar-refractivity contribution in [1.29, 1.82) is 0 Å². The Labute approximate surface area is 135 Å². The number of hydrogen-bond acceptors (Lipinski definition) is 4. The van der Waals surface area contributed by atoms with E-state index in [0.29, 0.717) is 18.0 Å². The molecule has 0 aliphatic rings. The maximum Gasteiger partial charge on any atom is 0.260 e. The number of likely N-dealkylation sites (N-methyl/N-ethyl adjacent to an activating group) is 1. The second kappa shape index (κ2) is 7.75. The number of hydrogen-bond donors (Lipinski definition) is 1. The first-order chi connectivity index (χ1) is 10.6. The minimum absolute atomic E-state index is 0.0172. The van der Waals surface area contributed by atoms with Gasteiger partial charge >= 0.3 is 0 Å². The van der Waals surface area contributed by atoms with E-state index >= 15 is 0 Å². The van der Waals surface area contributed by atoms with Crippen LogP contribution in [0.3, 0.4) is 0 Å². The lowest BCUT2D eigenvalue weighted by Crippen LogP contribution is -2.30. The zero-order chi connectivity index (χ0) is 15.9. The monoisotopic (exact) mass is 316 g/mol. The predicted molar refractivity (Wildman–Crippen MR) is 91.0 cm³/mol. The molecule has 0 aromatic heterocycles. The summed E-state index contributed by atoms with van der Waals surface area (Å²) in [7, 11) is 1.77. The average molecular weight is 316 g/mol. The Kier molecular flexibility index (Phi) is 5.72. The van der Waals surface area contributed by atoms with Crippen LogP contribution >= 0.6 is 11.8 Å². The van der Waals surface area contributed by atoms with E-state index < -0.39 is 0 Å². The minimum atomic E-state index is -0.0641. The molecular weight excluding hydrogens is 296 g/mol. The standard InChI is InChI=1S/C17H20N2O2S/c1-19(11-13-3-9-16(22-2)10-4-13)17(20)12-21-15-7-5-14(18)6-8-15/h3-10H,11-12,18H2,1-2H3. The molecule has 0 spiro atoms. The Balaban J connectivity index is 1.84. The zero-order valence-electron chi connectivity index (χ0n) is 12.8. The molecule has 0 saturated carbocycles. The van der Waals surface area contributed by atoms with Crippen molar-refractivity contribution < 1.29 is 9.53 Å². The fourth-order valence-electron chi connectivity index (χ4n) is 1.91. The van der Waals surface area contributed by atoms with E-state index in [2.05, 4.69) is 12.1 Å². The molecule has 1 amide bonds. The normalized spacial score (nSPS) is 10.3. The van der Waals surface area contributed by atoms with Crippen molar-refractivity contribution in [2.24, 2.45) is 0 Å². The van der Waals surface area contributed by atoms with Crippen LogP contribution in [0.5, 0.6) is 5.75 Å². The van der Waals surface area contributed by atoms with Gasteiger partial charge in [0.25, 0.3) is 5.91 Å². The van der Waals surface area contributed by atoms with Gasteiger partial charge < -0.3 is 15.4 Å². The molecule has 0 aliphatic carbocycles. The highest BCUT2D eigenvalue weighted by Gasteiger charge is 2.10. The molecule has 22 heavy (non-hydrogen) atoms. The highest BCUT2D eigenvalue weighted by Crippen LogP contribution is 2.16. The van der Waals surface area contributed by atoms with Crippen molar-refractivity contribution >= 4 is 23.4 Å². The smallest absolute Gasteiger partial charge is 0.260 e. The topological polar surface area (TPSA) is 55.6 Å². The molecule has 2 N–H and O–H groups in total. The molecule has 0 heterocycles. The van der Waals surface area contributed by atoms with Crippen LogP contribution in [0.15, 0.2) is 53.4 Å². The van der Waals surface area contributed by atoms with Gasteiger partial charge in [-0.25, -0.2) is 0 Å². The molecule has 2 aromatic rings. The molecule has 0 atom stereocenters. The van der Waals surface area contributed by atoms with E-state index in [1.807, 2.05) is 18.4 Å². The molecule has 0 radical (unpaired) electrons. The van der Waals surface area contributed by atoms with Crippen LogP contribution in [0.1, 0.15) is 5.56 Å². The molecule has 116 valence electrons. The Morgan fingerprint density at radius 2 is 1.77 bits per heavy atom. The first kappa shape index (κ1) is 16.2. The van der Waals surface area contributed by atoms with E-state index in [9.17, 15) is 4.79 Å².